The van der Waals surface area contributed by atoms with Crippen LogP contribution in [0.15, 0.2) is 18.2 Å². The molecule has 1 rings (SSSR count). The molecule has 3 nitrogen and oxygen atoms in total. The van der Waals surface area contributed by atoms with E-state index >= 15 is 0 Å². The van der Waals surface area contributed by atoms with E-state index in [2.05, 4.69) is 9.24 Å². The third-order valence-electron chi connectivity index (χ3n) is 1.49. The first kappa shape index (κ1) is 12.9. The lowest BCUT2D eigenvalue weighted by molar-refractivity contribution is -0.0979. The van der Waals surface area contributed by atoms with Gasteiger partial charge in [-0.15, -0.1) is 9.24 Å². The molecule has 0 bridgehead atoms. The fourth-order valence-electron chi connectivity index (χ4n) is 0.959. The van der Waals surface area contributed by atoms with E-state index in [4.69, 9.17) is 14.3 Å². The summed E-state index contributed by atoms with van der Waals surface area (Å²) in [6.07, 6.45) is 0. The Kier molecular flexibility index (Phi) is 6.77. The summed E-state index contributed by atoms with van der Waals surface area (Å²) in [5, 5.41) is 1.09. The smallest absolute Gasteiger partial charge is 0.161 e. The van der Waals surface area contributed by atoms with E-state index in [1.165, 1.54) is 0 Å². The first-order valence-corrected chi connectivity index (χ1v) is 4.71. The summed E-state index contributed by atoms with van der Waals surface area (Å²) in [4.78, 5) is 8.00. The maximum atomic E-state index is 8.00. The van der Waals surface area contributed by atoms with Crippen LogP contribution in [0.5, 0.6) is 11.5 Å². The van der Waals surface area contributed by atoms with Gasteiger partial charge >= 0.3 is 0 Å². The van der Waals surface area contributed by atoms with E-state index in [1.807, 2.05) is 31.9 Å². The second-order valence-electron chi connectivity index (χ2n) is 2.34. The van der Waals surface area contributed by atoms with Crippen LogP contribution in [0.2, 0.25) is 0 Å². The number of rotatable bonds is 3. The van der Waals surface area contributed by atoms with Crippen molar-refractivity contribution in [1.82, 2.24) is 0 Å². The summed E-state index contributed by atoms with van der Waals surface area (Å²) in [6.45, 7) is 4.61. The Morgan fingerprint density at radius 2 is 2.00 bits per heavy atom. The van der Waals surface area contributed by atoms with Crippen molar-refractivity contribution in [3.05, 3.63) is 18.2 Å². The quantitative estimate of drug-likeness (QED) is 0.713. The summed E-state index contributed by atoms with van der Waals surface area (Å²) in [5.74, 6) is 1.58. The number of hydrogen-bond donors (Lipinski definition) is 0. The monoisotopic (exact) mass is 214 g/mol. The molecule has 1 unspecified atom stereocenters. The maximum absolute atomic E-state index is 8.00. The SMILES string of the molecule is C=O.CCOc1ccc(P)cc1OC. The Morgan fingerprint density at radius 1 is 1.36 bits per heavy atom. The van der Waals surface area contributed by atoms with Gasteiger partial charge in [0.05, 0.1) is 13.7 Å². The van der Waals surface area contributed by atoms with Crippen LogP contribution in [-0.2, 0) is 4.79 Å². The Labute approximate surface area is 86.6 Å². The third-order valence-corrected chi connectivity index (χ3v) is 1.85. The zero-order chi connectivity index (χ0) is 11.0. The second-order valence-corrected chi connectivity index (χ2v) is 3.01. The minimum absolute atomic E-state index is 0.659. The molecule has 0 aliphatic rings. The molecule has 4 heteroatoms. The number of hydrogen-bond acceptors (Lipinski definition) is 3. The van der Waals surface area contributed by atoms with Crippen LogP contribution < -0.4 is 14.8 Å². The minimum Gasteiger partial charge on any atom is -0.493 e. The van der Waals surface area contributed by atoms with Gasteiger partial charge in [0, 0.05) is 0 Å². The molecule has 78 valence electrons. The first-order valence-electron chi connectivity index (χ1n) is 4.13. The Hall–Kier alpha value is -1.08. The van der Waals surface area contributed by atoms with Gasteiger partial charge in [0.15, 0.2) is 11.5 Å². The minimum atomic E-state index is 0.659. The first-order chi connectivity index (χ1) is 6.77. The fraction of sp³-hybridized carbons (Fsp3) is 0.300. The van der Waals surface area contributed by atoms with Crippen molar-refractivity contribution in [3.8, 4) is 11.5 Å². The zero-order valence-corrected chi connectivity index (χ0v) is 9.60. The third kappa shape index (κ3) is 3.75. The molecule has 0 aromatic heterocycles. The molecule has 0 N–H and O–H groups in total. The molecule has 1 aromatic carbocycles. The molecule has 0 spiro atoms. The van der Waals surface area contributed by atoms with Crippen LogP contribution in [0, 0.1) is 0 Å². The molecule has 0 aliphatic carbocycles. The molecule has 14 heavy (non-hydrogen) atoms. The lowest BCUT2D eigenvalue weighted by Crippen LogP contribution is -1.98. The average Bonchev–Trinajstić information content (AvgIpc) is 2.24. The number of methoxy groups -OCH3 is 1. The van der Waals surface area contributed by atoms with Crippen molar-refractivity contribution in [2.24, 2.45) is 0 Å². The Morgan fingerprint density at radius 3 is 2.50 bits per heavy atom. The molecule has 0 heterocycles. The van der Waals surface area contributed by atoms with Crippen molar-refractivity contribution >= 4 is 21.3 Å². The van der Waals surface area contributed by atoms with Gasteiger partial charge in [-0.3, -0.25) is 0 Å². The lowest BCUT2D eigenvalue weighted by Gasteiger charge is -2.08. The van der Waals surface area contributed by atoms with E-state index in [0.717, 1.165) is 16.8 Å². The zero-order valence-electron chi connectivity index (χ0n) is 8.45. The second kappa shape index (κ2) is 7.34. The van der Waals surface area contributed by atoms with Gasteiger partial charge in [-0.2, -0.15) is 0 Å². The molecule has 0 saturated heterocycles. The van der Waals surface area contributed by atoms with Crippen LogP contribution in [-0.4, -0.2) is 20.5 Å². The van der Waals surface area contributed by atoms with Gasteiger partial charge in [-0.25, -0.2) is 0 Å². The molecule has 0 saturated carbocycles. The molecular formula is C10H15O3P. The highest BCUT2D eigenvalue weighted by atomic mass is 31.0. The van der Waals surface area contributed by atoms with Crippen LogP contribution >= 0.6 is 9.24 Å². The van der Waals surface area contributed by atoms with E-state index in [1.54, 1.807) is 7.11 Å². The summed E-state index contributed by atoms with van der Waals surface area (Å²) in [6, 6.07) is 5.80. The van der Waals surface area contributed by atoms with Gasteiger partial charge in [0.1, 0.15) is 6.79 Å². The van der Waals surface area contributed by atoms with Gasteiger partial charge in [0.25, 0.3) is 0 Å². The van der Waals surface area contributed by atoms with Gasteiger partial charge in [0.2, 0.25) is 0 Å². The largest absolute Gasteiger partial charge is 0.493 e. The lowest BCUT2D eigenvalue weighted by atomic mass is 10.3. The van der Waals surface area contributed by atoms with Gasteiger partial charge in [-0.1, -0.05) is 6.07 Å². The summed E-state index contributed by atoms with van der Waals surface area (Å²) in [5.41, 5.74) is 0. The summed E-state index contributed by atoms with van der Waals surface area (Å²) >= 11 is 0. The number of carbonyl (C=O) groups excluding carboxylic acids is 1. The molecule has 0 amide bonds. The van der Waals surface area contributed by atoms with Crippen molar-refractivity contribution < 1.29 is 14.3 Å². The van der Waals surface area contributed by atoms with E-state index in [0.29, 0.717) is 6.61 Å². The van der Waals surface area contributed by atoms with E-state index < -0.39 is 0 Å². The Balaban J connectivity index is 0.000000791. The highest BCUT2D eigenvalue weighted by Crippen LogP contribution is 2.25. The van der Waals surface area contributed by atoms with Crippen LogP contribution in [0.1, 0.15) is 6.92 Å². The van der Waals surface area contributed by atoms with Gasteiger partial charge in [-0.05, 0) is 24.4 Å². The molecule has 0 aliphatic heterocycles. The summed E-state index contributed by atoms with van der Waals surface area (Å²) in [7, 11) is 4.26. The van der Waals surface area contributed by atoms with Crippen LogP contribution in [0.25, 0.3) is 0 Å². The number of carbonyl (C=O) groups is 1. The molecule has 0 fully saturated rings. The van der Waals surface area contributed by atoms with Crippen molar-refractivity contribution in [2.75, 3.05) is 13.7 Å². The number of ether oxygens (including phenoxy) is 2. The van der Waals surface area contributed by atoms with Crippen LogP contribution in [0.4, 0.5) is 0 Å². The molecule has 1 aromatic rings. The highest BCUT2D eigenvalue weighted by molar-refractivity contribution is 7.27. The van der Waals surface area contributed by atoms with E-state index in [-0.39, 0.29) is 0 Å². The standard InChI is InChI=1S/C9H13O2P.CH2O/c1-3-11-8-5-4-7(12)6-9(8)10-2;1-2/h4-6H,3,12H2,1-2H3;1H2. The maximum Gasteiger partial charge on any atom is 0.161 e. The molecule has 1 atom stereocenters. The van der Waals surface area contributed by atoms with Crippen molar-refractivity contribution in [2.45, 2.75) is 6.92 Å². The van der Waals surface area contributed by atoms with Crippen molar-refractivity contribution in [3.63, 3.8) is 0 Å². The van der Waals surface area contributed by atoms with Crippen molar-refractivity contribution in [1.29, 1.82) is 0 Å². The fourth-order valence-corrected chi connectivity index (χ4v) is 1.21. The molecular weight excluding hydrogens is 199 g/mol. The number of benzene rings is 1. The predicted molar refractivity (Wildman–Crippen MR) is 60.6 cm³/mol. The molecule has 0 radical (unpaired) electrons. The topological polar surface area (TPSA) is 35.5 Å². The normalized spacial score (nSPS) is 8.50. The van der Waals surface area contributed by atoms with Crippen LogP contribution in [0.3, 0.4) is 0 Å². The predicted octanol–water partition coefficient (Wildman–Crippen LogP) is 1.41. The van der Waals surface area contributed by atoms with E-state index in [9.17, 15) is 0 Å². The van der Waals surface area contributed by atoms with Gasteiger partial charge < -0.3 is 14.3 Å². The summed E-state index contributed by atoms with van der Waals surface area (Å²) < 4.78 is 10.5. The average molecular weight is 214 g/mol. The Bertz CT molecular complexity index is 276. The highest BCUT2D eigenvalue weighted by Gasteiger charge is 2.01.